The summed E-state index contributed by atoms with van der Waals surface area (Å²) < 4.78 is 17.7. The number of nitriles is 1. The van der Waals surface area contributed by atoms with Gasteiger partial charge in [-0.15, -0.1) is 0 Å². The van der Waals surface area contributed by atoms with Crippen molar-refractivity contribution in [2.45, 2.75) is 20.5 Å². The summed E-state index contributed by atoms with van der Waals surface area (Å²) in [4.78, 5) is 24.5. The summed E-state index contributed by atoms with van der Waals surface area (Å²) in [5.41, 5.74) is 2.12. The molecule has 0 heterocycles. The molecular weight excluding hydrogens is 607 g/mol. The monoisotopic (exact) mass is 630 g/mol. The smallest absolute Gasteiger partial charge is 0.338 e. The Hall–Kier alpha value is -3.55. The molecule has 0 atom stereocenters. The number of nitrogens with one attached hydrogen (secondary N) is 1. The van der Waals surface area contributed by atoms with Crippen LogP contribution in [0.4, 0.5) is 5.69 Å². The summed E-state index contributed by atoms with van der Waals surface area (Å²) in [6.07, 6.45) is 1.42. The molecule has 3 rings (SSSR count). The Morgan fingerprint density at radius 3 is 2.35 bits per heavy atom. The summed E-state index contributed by atoms with van der Waals surface area (Å²) in [6, 6.07) is 19.3. The topological polar surface area (TPSA) is 97.7 Å². The molecule has 0 radical (unpaired) electrons. The number of carbonyl (C=O) groups excluding carboxylic acids is 2. The van der Waals surface area contributed by atoms with Crippen molar-refractivity contribution in [2.75, 3.05) is 18.5 Å². The van der Waals surface area contributed by atoms with Crippen molar-refractivity contribution in [1.82, 2.24) is 0 Å². The fourth-order valence-corrected chi connectivity index (χ4v) is 3.86. The van der Waals surface area contributed by atoms with Gasteiger partial charge in [0.05, 0.1) is 23.8 Å². The van der Waals surface area contributed by atoms with Crippen LogP contribution in [-0.2, 0) is 16.1 Å². The molecule has 190 valence electrons. The molecular formula is C28H24ClIN2O5. The lowest BCUT2D eigenvalue weighted by Gasteiger charge is -2.15. The van der Waals surface area contributed by atoms with Crippen LogP contribution in [0.15, 0.2) is 66.2 Å². The maximum atomic E-state index is 12.7. The average Bonchev–Trinajstić information content (AvgIpc) is 2.88. The first kappa shape index (κ1) is 28.0. The number of halogens is 2. The van der Waals surface area contributed by atoms with Gasteiger partial charge in [-0.3, -0.25) is 4.79 Å². The number of ether oxygens (including phenoxy) is 3. The van der Waals surface area contributed by atoms with Crippen molar-refractivity contribution in [1.29, 1.82) is 5.26 Å². The van der Waals surface area contributed by atoms with Gasteiger partial charge < -0.3 is 19.5 Å². The van der Waals surface area contributed by atoms with Crippen LogP contribution in [0, 0.1) is 14.9 Å². The van der Waals surface area contributed by atoms with Gasteiger partial charge in [-0.05, 0) is 102 Å². The van der Waals surface area contributed by atoms with E-state index in [-0.39, 0.29) is 17.2 Å². The van der Waals surface area contributed by atoms with Crippen LogP contribution >= 0.6 is 34.2 Å². The standard InChI is InChI=1S/C28H24ClIN2O5/c1-3-35-25-15-19(14-24(29)26(25)37-17-18-5-9-22(30)10-6-18)13-21(16-31)27(33)32-23-11-7-20(8-12-23)28(34)36-4-2/h5-15H,3-4,17H2,1-2H3,(H,32,33)/b21-13+. The number of benzene rings is 3. The summed E-state index contributed by atoms with van der Waals surface area (Å²) in [6.45, 7) is 4.49. The lowest BCUT2D eigenvalue weighted by molar-refractivity contribution is -0.112. The molecule has 0 unspecified atom stereocenters. The quantitative estimate of drug-likeness (QED) is 0.117. The first-order valence-corrected chi connectivity index (χ1v) is 12.8. The number of rotatable bonds is 10. The van der Waals surface area contributed by atoms with Gasteiger partial charge in [0.15, 0.2) is 11.5 Å². The molecule has 1 N–H and O–H groups in total. The molecule has 3 aromatic rings. The van der Waals surface area contributed by atoms with Crippen molar-refractivity contribution in [3.05, 3.63) is 91.5 Å². The van der Waals surface area contributed by atoms with Crippen LogP contribution < -0.4 is 14.8 Å². The number of nitrogens with zero attached hydrogens (tertiary/aromatic N) is 1. The third-order valence-electron chi connectivity index (χ3n) is 4.96. The fraction of sp³-hybridized carbons (Fsp3) is 0.179. The Morgan fingerprint density at radius 1 is 1.03 bits per heavy atom. The third-order valence-corrected chi connectivity index (χ3v) is 5.96. The average molecular weight is 631 g/mol. The Bertz CT molecular complexity index is 1330. The van der Waals surface area contributed by atoms with E-state index in [1.54, 1.807) is 31.2 Å². The minimum atomic E-state index is -0.612. The van der Waals surface area contributed by atoms with E-state index in [0.717, 1.165) is 9.13 Å². The van der Waals surface area contributed by atoms with E-state index in [1.165, 1.54) is 18.2 Å². The highest BCUT2D eigenvalue weighted by Gasteiger charge is 2.15. The van der Waals surface area contributed by atoms with Gasteiger partial charge in [0, 0.05) is 9.26 Å². The number of hydrogen-bond donors (Lipinski definition) is 1. The predicted octanol–water partition coefficient (Wildman–Crippen LogP) is 6.64. The molecule has 7 nitrogen and oxygen atoms in total. The molecule has 0 aromatic heterocycles. The van der Waals surface area contributed by atoms with Crippen molar-refractivity contribution in [2.24, 2.45) is 0 Å². The van der Waals surface area contributed by atoms with E-state index in [9.17, 15) is 14.9 Å². The largest absolute Gasteiger partial charge is 0.490 e. The molecule has 0 fully saturated rings. The second-order valence-corrected chi connectivity index (χ2v) is 9.25. The minimum absolute atomic E-state index is 0.138. The van der Waals surface area contributed by atoms with Crippen LogP contribution in [0.5, 0.6) is 11.5 Å². The summed E-state index contributed by atoms with van der Waals surface area (Å²) in [5, 5.41) is 12.5. The first-order valence-electron chi connectivity index (χ1n) is 11.4. The summed E-state index contributed by atoms with van der Waals surface area (Å²) in [7, 11) is 0. The Balaban J connectivity index is 1.78. The molecule has 0 spiro atoms. The van der Waals surface area contributed by atoms with E-state index in [4.69, 9.17) is 25.8 Å². The molecule has 1 amide bonds. The summed E-state index contributed by atoms with van der Waals surface area (Å²) in [5.74, 6) is -0.284. The number of anilines is 1. The number of hydrogen-bond acceptors (Lipinski definition) is 6. The molecule has 0 aliphatic heterocycles. The normalized spacial score (nSPS) is 10.8. The Kier molecular flexibility index (Phi) is 10.4. The van der Waals surface area contributed by atoms with Gasteiger partial charge >= 0.3 is 5.97 Å². The van der Waals surface area contributed by atoms with Gasteiger partial charge in [-0.25, -0.2) is 4.79 Å². The first-order chi connectivity index (χ1) is 17.8. The van der Waals surface area contributed by atoms with Crippen molar-refractivity contribution in [3.8, 4) is 17.6 Å². The molecule has 0 aliphatic rings. The molecule has 9 heteroatoms. The molecule has 0 saturated carbocycles. The zero-order valence-corrected chi connectivity index (χ0v) is 23.1. The second-order valence-electron chi connectivity index (χ2n) is 7.60. The van der Waals surface area contributed by atoms with Gasteiger partial charge in [0.2, 0.25) is 0 Å². The maximum absolute atomic E-state index is 12.7. The lowest BCUT2D eigenvalue weighted by Crippen LogP contribution is -2.13. The fourth-order valence-electron chi connectivity index (χ4n) is 3.23. The Morgan fingerprint density at radius 2 is 1.73 bits per heavy atom. The molecule has 37 heavy (non-hydrogen) atoms. The van der Waals surface area contributed by atoms with Gasteiger partial charge in [0.1, 0.15) is 18.2 Å². The SMILES string of the molecule is CCOC(=O)c1ccc(NC(=O)/C(C#N)=C/c2cc(Cl)c(OCc3ccc(I)cc3)c(OCC)c2)cc1. The highest BCUT2D eigenvalue weighted by Crippen LogP contribution is 2.38. The van der Waals surface area contributed by atoms with Crippen LogP contribution in [0.3, 0.4) is 0 Å². The summed E-state index contributed by atoms with van der Waals surface area (Å²) >= 11 is 8.74. The van der Waals surface area contributed by atoms with E-state index in [0.29, 0.717) is 41.5 Å². The van der Waals surface area contributed by atoms with Crippen LogP contribution in [0.25, 0.3) is 6.08 Å². The van der Waals surface area contributed by atoms with E-state index in [2.05, 4.69) is 27.9 Å². The van der Waals surface area contributed by atoms with E-state index in [1.807, 2.05) is 37.3 Å². The van der Waals surface area contributed by atoms with Crippen LogP contribution in [0.1, 0.15) is 35.3 Å². The van der Waals surface area contributed by atoms with Gasteiger partial charge in [0.25, 0.3) is 5.91 Å². The van der Waals surface area contributed by atoms with E-state index >= 15 is 0 Å². The number of amides is 1. The molecule has 3 aromatic carbocycles. The zero-order chi connectivity index (χ0) is 26.8. The van der Waals surface area contributed by atoms with Gasteiger partial charge in [-0.2, -0.15) is 5.26 Å². The van der Waals surface area contributed by atoms with Gasteiger partial charge in [-0.1, -0.05) is 23.7 Å². The van der Waals surface area contributed by atoms with Crippen molar-refractivity contribution in [3.63, 3.8) is 0 Å². The molecule has 0 bridgehead atoms. The molecule has 0 saturated heterocycles. The predicted molar refractivity (Wildman–Crippen MR) is 151 cm³/mol. The van der Waals surface area contributed by atoms with Crippen LogP contribution in [0.2, 0.25) is 5.02 Å². The van der Waals surface area contributed by atoms with Crippen molar-refractivity contribution >= 4 is 57.8 Å². The third kappa shape index (κ3) is 7.97. The lowest BCUT2D eigenvalue weighted by atomic mass is 10.1. The second kappa shape index (κ2) is 13.7. The zero-order valence-electron chi connectivity index (χ0n) is 20.2. The van der Waals surface area contributed by atoms with Crippen molar-refractivity contribution < 1.29 is 23.8 Å². The minimum Gasteiger partial charge on any atom is -0.490 e. The Labute approximate surface area is 234 Å². The highest BCUT2D eigenvalue weighted by molar-refractivity contribution is 14.1. The number of carbonyl (C=O) groups is 2. The highest BCUT2D eigenvalue weighted by atomic mass is 127. The number of esters is 1. The van der Waals surface area contributed by atoms with E-state index < -0.39 is 11.9 Å². The molecule has 0 aliphatic carbocycles. The van der Waals surface area contributed by atoms with Crippen LogP contribution in [-0.4, -0.2) is 25.1 Å². The maximum Gasteiger partial charge on any atom is 0.338 e.